The molecule has 1 aliphatic heterocycles. The molecule has 4 nitrogen and oxygen atoms in total. The number of para-hydroxylation sites is 6. The van der Waals surface area contributed by atoms with Crippen molar-refractivity contribution in [1.82, 2.24) is 19.1 Å². The molecule has 0 bridgehead atoms. The second-order valence-electron chi connectivity index (χ2n) is 19.4. The SMILES string of the molecule is CC.CC1CP(Sc2cccc3c2-c2ccccc2C32c3ccccc3-c3c(-c4cc(-c5nc6ccccc6n5-c5ccccc5)cc(-c5nc6ccccc6n5-c5ccccc5)c4)cccc32)C1(C)C. The Morgan fingerprint density at radius 2 is 0.901 bits per heavy atom. The molecule has 344 valence electrons. The Bertz CT molecular complexity index is 3730. The molecule has 1 saturated heterocycles. The molecule has 6 heteroatoms. The monoisotopic (exact) mass is 952 g/mol. The van der Waals surface area contributed by atoms with E-state index in [2.05, 4.69) is 254 Å². The van der Waals surface area contributed by atoms with Gasteiger partial charge in [-0.1, -0.05) is 186 Å². The molecule has 9 aromatic carbocycles. The zero-order valence-corrected chi connectivity index (χ0v) is 42.3. The van der Waals surface area contributed by atoms with Crippen molar-refractivity contribution in [2.24, 2.45) is 5.92 Å². The van der Waals surface area contributed by atoms with E-state index in [1.54, 1.807) is 0 Å². The van der Waals surface area contributed by atoms with Gasteiger partial charge in [-0.3, -0.25) is 9.13 Å². The predicted octanol–water partition coefficient (Wildman–Crippen LogP) is 17.7. The van der Waals surface area contributed by atoms with Crippen LogP contribution in [0.3, 0.4) is 0 Å². The summed E-state index contributed by atoms with van der Waals surface area (Å²) in [5, 5.41) is 0.351. The van der Waals surface area contributed by atoms with Crippen LogP contribution in [0, 0.1) is 5.92 Å². The van der Waals surface area contributed by atoms with E-state index < -0.39 is 5.41 Å². The highest BCUT2D eigenvalue weighted by Gasteiger charge is 2.53. The number of imidazole rings is 2. The smallest absolute Gasteiger partial charge is 0.145 e. The van der Waals surface area contributed by atoms with Gasteiger partial charge in [-0.2, -0.15) is 0 Å². The topological polar surface area (TPSA) is 35.6 Å². The van der Waals surface area contributed by atoms with Gasteiger partial charge in [-0.15, -0.1) is 0 Å². The van der Waals surface area contributed by atoms with Crippen molar-refractivity contribution in [2.75, 3.05) is 6.16 Å². The quantitative estimate of drug-likeness (QED) is 0.149. The first-order valence-corrected chi connectivity index (χ1v) is 28.0. The van der Waals surface area contributed by atoms with Gasteiger partial charge in [0.25, 0.3) is 0 Å². The lowest BCUT2D eigenvalue weighted by atomic mass is 9.70. The van der Waals surface area contributed by atoms with Crippen LogP contribution in [-0.4, -0.2) is 30.4 Å². The number of nitrogens with zero attached hydrogens (tertiary/aromatic N) is 4. The molecule has 11 aromatic rings. The normalized spacial score (nSPS) is 17.8. The van der Waals surface area contributed by atoms with E-state index in [0.29, 0.717) is 5.16 Å². The van der Waals surface area contributed by atoms with Crippen LogP contribution >= 0.6 is 18.5 Å². The molecule has 0 N–H and O–H groups in total. The summed E-state index contributed by atoms with van der Waals surface area (Å²) >= 11 is 2.16. The summed E-state index contributed by atoms with van der Waals surface area (Å²) in [6, 6.07) is 78.0. The number of hydrogen-bond donors (Lipinski definition) is 0. The first-order chi connectivity index (χ1) is 34.9. The van der Waals surface area contributed by atoms with Crippen molar-refractivity contribution in [3.8, 4) is 67.5 Å². The van der Waals surface area contributed by atoms with E-state index in [1.807, 2.05) is 13.8 Å². The predicted molar refractivity (Wildman–Crippen MR) is 301 cm³/mol. The van der Waals surface area contributed by atoms with Crippen LogP contribution in [0.5, 0.6) is 0 Å². The van der Waals surface area contributed by atoms with Crippen molar-refractivity contribution in [3.05, 3.63) is 235 Å². The molecule has 2 aromatic heterocycles. The van der Waals surface area contributed by atoms with Gasteiger partial charge in [0.2, 0.25) is 0 Å². The number of rotatable bonds is 7. The molecule has 0 radical (unpaired) electrons. The lowest BCUT2D eigenvalue weighted by Gasteiger charge is -2.50. The molecule has 2 aliphatic carbocycles. The average molecular weight is 953 g/mol. The van der Waals surface area contributed by atoms with Gasteiger partial charge >= 0.3 is 0 Å². The minimum Gasteiger partial charge on any atom is -0.292 e. The van der Waals surface area contributed by atoms with Crippen LogP contribution in [0.2, 0.25) is 0 Å². The van der Waals surface area contributed by atoms with Crippen LogP contribution < -0.4 is 0 Å². The number of benzene rings is 9. The Hall–Kier alpha value is -7.30. The molecule has 3 heterocycles. The minimum absolute atomic E-state index is 0.208. The van der Waals surface area contributed by atoms with Gasteiger partial charge in [0.05, 0.1) is 27.5 Å². The summed E-state index contributed by atoms with van der Waals surface area (Å²) in [4.78, 5) is 12.3. The summed E-state index contributed by atoms with van der Waals surface area (Å²) in [5.74, 6) is 2.51. The second-order valence-corrected chi connectivity index (χ2v) is 24.2. The third-order valence-corrected chi connectivity index (χ3v) is 22.0. The average Bonchev–Trinajstić information content (AvgIpc) is 4.18. The summed E-state index contributed by atoms with van der Waals surface area (Å²) in [6.07, 6.45) is 1.31. The fourth-order valence-corrected chi connectivity index (χ4v) is 17.8. The maximum atomic E-state index is 5.46. The molecule has 71 heavy (non-hydrogen) atoms. The van der Waals surface area contributed by atoms with Crippen LogP contribution in [-0.2, 0) is 5.41 Å². The van der Waals surface area contributed by atoms with Crippen LogP contribution in [0.25, 0.3) is 89.6 Å². The zero-order chi connectivity index (χ0) is 48.0. The Morgan fingerprint density at radius 3 is 1.45 bits per heavy atom. The molecule has 0 amide bonds. The highest BCUT2D eigenvalue weighted by atomic mass is 32.7. The van der Waals surface area contributed by atoms with Gasteiger partial charge in [0, 0.05) is 33.0 Å². The first-order valence-electron chi connectivity index (χ1n) is 25.0. The Kier molecular flexibility index (Phi) is 10.4. The third kappa shape index (κ3) is 6.49. The Labute approximate surface area is 421 Å². The molecular weight excluding hydrogens is 900 g/mol. The summed E-state index contributed by atoms with van der Waals surface area (Å²) in [6.45, 7) is 11.4. The number of hydrogen-bond acceptors (Lipinski definition) is 3. The van der Waals surface area contributed by atoms with E-state index in [1.165, 1.54) is 61.1 Å². The fourth-order valence-electron chi connectivity index (χ4n) is 11.8. The summed E-state index contributed by atoms with van der Waals surface area (Å²) in [7, 11) is -0.208. The summed E-state index contributed by atoms with van der Waals surface area (Å²) in [5.41, 5.74) is 20.8. The third-order valence-electron chi connectivity index (χ3n) is 15.5. The maximum absolute atomic E-state index is 5.46. The first kappa shape index (κ1) is 43.7. The zero-order valence-electron chi connectivity index (χ0n) is 40.6. The van der Waals surface area contributed by atoms with Crippen molar-refractivity contribution < 1.29 is 0 Å². The Morgan fingerprint density at radius 1 is 0.465 bits per heavy atom. The van der Waals surface area contributed by atoms with Crippen molar-refractivity contribution in [2.45, 2.75) is 50.1 Å². The molecule has 3 unspecified atom stereocenters. The van der Waals surface area contributed by atoms with Crippen molar-refractivity contribution in [3.63, 3.8) is 0 Å². The lowest BCUT2D eigenvalue weighted by molar-refractivity contribution is 0.457. The maximum Gasteiger partial charge on any atom is 0.145 e. The van der Waals surface area contributed by atoms with Crippen LogP contribution in [0.4, 0.5) is 0 Å². The number of fused-ring (bicyclic) bond motifs is 12. The largest absolute Gasteiger partial charge is 0.292 e. The highest BCUT2D eigenvalue weighted by molar-refractivity contribution is 8.56. The fraction of sp³-hybridized carbons (Fsp3) is 0.138. The molecule has 3 atom stereocenters. The van der Waals surface area contributed by atoms with E-state index >= 15 is 0 Å². The molecule has 1 fully saturated rings. The van der Waals surface area contributed by atoms with E-state index in [-0.39, 0.29) is 7.12 Å². The van der Waals surface area contributed by atoms with E-state index in [9.17, 15) is 0 Å². The Balaban J connectivity index is 0.00000243. The van der Waals surface area contributed by atoms with Crippen molar-refractivity contribution >= 4 is 40.6 Å². The highest BCUT2D eigenvalue weighted by Crippen LogP contribution is 2.75. The van der Waals surface area contributed by atoms with Gasteiger partial charge in [-0.25, -0.2) is 9.97 Å². The van der Waals surface area contributed by atoms with Gasteiger partial charge < -0.3 is 0 Å². The van der Waals surface area contributed by atoms with Crippen LogP contribution in [0.15, 0.2) is 217 Å². The number of aromatic nitrogens is 4. The standard InChI is InChI=1S/C63H47N4PS.C2H6/c1-40-39-68(62(40,2)3)69-57-35-19-30-52-59(57)48-25-11-13-28-50(48)63(52)49-27-12-10-24-47(49)58-46(26-18-29-51(58)63)41-36-42(60-64-53-31-14-16-33-55(53)66(60)44-20-6-4-7-21-44)38-43(37-41)61-65-54-32-15-17-34-56(54)67(61)45-22-8-5-9-23-45;1-2/h4-38,40H,39H2,1-3H3;1-2H3. The van der Waals surface area contributed by atoms with E-state index in [4.69, 9.17) is 9.97 Å². The second kappa shape index (κ2) is 16.9. The molecule has 1 spiro atoms. The van der Waals surface area contributed by atoms with Gasteiger partial charge in [-0.05, 0) is 147 Å². The molecule has 14 rings (SSSR count). The minimum atomic E-state index is -0.483. The molecule has 0 saturated carbocycles. The van der Waals surface area contributed by atoms with Crippen LogP contribution in [0.1, 0.15) is 56.9 Å². The van der Waals surface area contributed by atoms with Gasteiger partial charge in [0.15, 0.2) is 0 Å². The van der Waals surface area contributed by atoms with Gasteiger partial charge in [0.1, 0.15) is 11.6 Å². The molecule has 3 aliphatic rings. The summed E-state index contributed by atoms with van der Waals surface area (Å²) < 4.78 is 4.62. The van der Waals surface area contributed by atoms with Crippen molar-refractivity contribution in [1.29, 1.82) is 0 Å². The molecular formula is C65H53N4PS. The van der Waals surface area contributed by atoms with E-state index in [0.717, 1.165) is 67.7 Å². The lowest BCUT2D eigenvalue weighted by Crippen LogP contribution is -2.39.